The van der Waals surface area contributed by atoms with Gasteiger partial charge in [0.1, 0.15) is 22.4 Å². The van der Waals surface area contributed by atoms with Crippen molar-refractivity contribution in [2.24, 2.45) is 0 Å². The monoisotopic (exact) mass is 733 g/mol. The second kappa shape index (κ2) is 13.0. The third-order valence-electron chi connectivity index (χ3n) is 11.2. The maximum Gasteiger partial charge on any atom is 0.136 e. The number of aryl methyl sites for hydroxylation is 1. The van der Waals surface area contributed by atoms with Crippen LogP contribution in [0.4, 0.5) is 0 Å². The minimum absolute atomic E-state index is 0.757. The van der Waals surface area contributed by atoms with Crippen LogP contribution in [0.2, 0.25) is 0 Å². The molecule has 0 aliphatic rings. The largest absolute Gasteiger partial charge is 0.456 e. The van der Waals surface area contributed by atoms with Gasteiger partial charge in [0.2, 0.25) is 0 Å². The van der Waals surface area contributed by atoms with Gasteiger partial charge in [0, 0.05) is 55.3 Å². The first kappa shape index (κ1) is 32.7. The Balaban J connectivity index is 1.14. The lowest BCUT2D eigenvalue weighted by atomic mass is 10.0. The highest BCUT2D eigenvalue weighted by Crippen LogP contribution is 2.40. The van der Waals surface area contributed by atoms with Crippen molar-refractivity contribution in [2.75, 3.05) is 0 Å². The van der Waals surface area contributed by atoms with E-state index in [-0.39, 0.29) is 0 Å². The molecule has 0 aliphatic heterocycles. The zero-order valence-electron chi connectivity index (χ0n) is 31.2. The van der Waals surface area contributed by atoms with E-state index in [1.54, 1.807) is 0 Å². The number of hydrogen-bond donors (Lipinski definition) is 0. The Morgan fingerprint density at radius 1 is 0.561 bits per heavy atom. The molecule has 0 saturated carbocycles. The summed E-state index contributed by atoms with van der Waals surface area (Å²) in [6.07, 6.45) is 2.14. The summed E-state index contributed by atoms with van der Waals surface area (Å²) >= 11 is 0. The predicted molar refractivity (Wildman–Crippen MR) is 233 cm³/mol. The molecule has 11 aromatic rings. The Bertz CT molecular complexity index is 3440. The van der Waals surface area contributed by atoms with E-state index in [2.05, 4.69) is 162 Å². The first-order valence-corrected chi connectivity index (χ1v) is 19.1. The minimum Gasteiger partial charge on any atom is -0.456 e. The van der Waals surface area contributed by atoms with Gasteiger partial charge in [-0.15, -0.1) is 5.10 Å². The highest BCUT2D eigenvalue weighted by Gasteiger charge is 2.23. The van der Waals surface area contributed by atoms with Gasteiger partial charge >= 0.3 is 0 Å². The summed E-state index contributed by atoms with van der Waals surface area (Å²) < 4.78 is 13.1. The zero-order chi connectivity index (χ0) is 38.0. The van der Waals surface area contributed by atoms with E-state index in [1.165, 1.54) is 10.9 Å². The van der Waals surface area contributed by atoms with E-state index in [0.717, 1.165) is 94.2 Å². The van der Waals surface area contributed by atoms with Crippen LogP contribution in [0, 0.1) is 6.92 Å². The number of benzene rings is 7. The number of para-hydroxylation sites is 3. The van der Waals surface area contributed by atoms with Gasteiger partial charge < -0.3 is 13.6 Å². The van der Waals surface area contributed by atoms with Crippen LogP contribution in [0.25, 0.3) is 95.9 Å². The average molecular weight is 734 g/mol. The van der Waals surface area contributed by atoms with E-state index in [0.29, 0.717) is 0 Å². The zero-order valence-corrected chi connectivity index (χ0v) is 31.2. The Morgan fingerprint density at radius 3 is 1.91 bits per heavy atom. The van der Waals surface area contributed by atoms with Crippen molar-refractivity contribution in [3.8, 4) is 39.6 Å². The lowest BCUT2D eigenvalue weighted by molar-refractivity contribution is 0.575. The molecular weight excluding hydrogens is 699 g/mol. The van der Waals surface area contributed by atoms with Gasteiger partial charge in [0.25, 0.3) is 0 Å². The number of rotatable bonds is 6. The molecule has 57 heavy (non-hydrogen) atoms. The van der Waals surface area contributed by atoms with Gasteiger partial charge in [-0.3, -0.25) is 0 Å². The summed E-state index contributed by atoms with van der Waals surface area (Å²) in [5.41, 5.74) is 14.0. The molecule has 0 amide bonds. The Kier molecular flexibility index (Phi) is 7.44. The molecule has 0 aliphatic carbocycles. The highest BCUT2D eigenvalue weighted by atomic mass is 16.3. The van der Waals surface area contributed by atoms with Crippen LogP contribution in [-0.4, -0.2) is 24.1 Å². The second-order valence-electron chi connectivity index (χ2n) is 14.4. The number of nitrogens with zero attached hydrogens (tertiary/aromatic N) is 5. The summed E-state index contributed by atoms with van der Waals surface area (Å²) in [4.78, 5) is 0. The van der Waals surface area contributed by atoms with Crippen molar-refractivity contribution >= 4 is 56.3 Å². The topological polar surface area (TPSA) is 53.7 Å². The van der Waals surface area contributed by atoms with Crippen LogP contribution in [-0.2, 0) is 0 Å². The molecule has 11 rings (SSSR count). The molecule has 0 fully saturated rings. The smallest absolute Gasteiger partial charge is 0.136 e. The molecule has 270 valence electrons. The fraction of sp³-hybridized carbons (Fsp3) is 0.0196. The lowest BCUT2D eigenvalue weighted by Crippen LogP contribution is -2.18. The van der Waals surface area contributed by atoms with E-state index >= 15 is 0 Å². The SMILES string of the molecule is C=c1/c(=C\c2c(C)c3ccccc3n2-c2cccc(-n3c4ccccc4c4c(-n5nnc(-c6ccccc6)c5-c5ccccc5)cccc43)c2)oc2ccccc12. The number of furan rings is 1. The van der Waals surface area contributed by atoms with Crippen LogP contribution in [0.5, 0.6) is 0 Å². The molecule has 0 spiro atoms. The molecule has 0 unspecified atom stereocenters. The average Bonchev–Trinajstić information content (AvgIpc) is 4.02. The quantitative estimate of drug-likeness (QED) is 0.171. The van der Waals surface area contributed by atoms with Gasteiger partial charge in [-0.25, -0.2) is 4.68 Å². The first-order chi connectivity index (χ1) is 28.1. The van der Waals surface area contributed by atoms with Gasteiger partial charge in [0.05, 0.1) is 27.9 Å². The van der Waals surface area contributed by atoms with Gasteiger partial charge in [-0.05, 0) is 61.0 Å². The molecule has 6 nitrogen and oxygen atoms in total. The van der Waals surface area contributed by atoms with Crippen LogP contribution in [0.3, 0.4) is 0 Å². The van der Waals surface area contributed by atoms with E-state index in [4.69, 9.17) is 14.7 Å². The Morgan fingerprint density at radius 2 is 1.16 bits per heavy atom. The molecule has 0 N–H and O–H groups in total. The molecule has 0 bridgehead atoms. The summed E-state index contributed by atoms with van der Waals surface area (Å²) in [5.74, 6) is 0. The number of aromatic nitrogens is 5. The van der Waals surface area contributed by atoms with E-state index in [9.17, 15) is 0 Å². The summed E-state index contributed by atoms with van der Waals surface area (Å²) in [6, 6.07) is 61.3. The maximum atomic E-state index is 6.39. The summed E-state index contributed by atoms with van der Waals surface area (Å²) in [6.45, 7) is 6.60. The third-order valence-corrected chi connectivity index (χ3v) is 11.2. The van der Waals surface area contributed by atoms with Crippen molar-refractivity contribution < 1.29 is 4.42 Å². The molecule has 4 heterocycles. The fourth-order valence-electron chi connectivity index (χ4n) is 8.55. The minimum atomic E-state index is 0.757. The molecule has 0 saturated heterocycles. The van der Waals surface area contributed by atoms with Crippen molar-refractivity contribution in [1.29, 1.82) is 0 Å². The summed E-state index contributed by atoms with van der Waals surface area (Å²) in [7, 11) is 0. The maximum absolute atomic E-state index is 6.39. The van der Waals surface area contributed by atoms with Gasteiger partial charge in [0.15, 0.2) is 0 Å². The second-order valence-corrected chi connectivity index (χ2v) is 14.4. The molecule has 0 atom stereocenters. The molecule has 6 heteroatoms. The molecule has 0 radical (unpaired) electrons. The number of hydrogen-bond acceptors (Lipinski definition) is 3. The Hall–Kier alpha value is -7.70. The van der Waals surface area contributed by atoms with Crippen LogP contribution in [0.1, 0.15) is 11.3 Å². The van der Waals surface area contributed by atoms with Crippen LogP contribution in [0.15, 0.2) is 180 Å². The van der Waals surface area contributed by atoms with Crippen molar-refractivity contribution in [3.05, 3.63) is 198 Å². The normalized spacial score (nSPS) is 12.1. The van der Waals surface area contributed by atoms with Crippen molar-refractivity contribution in [3.63, 3.8) is 0 Å². The molecule has 4 aromatic heterocycles. The first-order valence-electron chi connectivity index (χ1n) is 19.1. The van der Waals surface area contributed by atoms with E-state index in [1.807, 2.05) is 47.1 Å². The summed E-state index contributed by atoms with van der Waals surface area (Å²) in [5, 5.41) is 15.0. The van der Waals surface area contributed by atoms with Crippen molar-refractivity contribution in [1.82, 2.24) is 24.1 Å². The van der Waals surface area contributed by atoms with Gasteiger partial charge in [-0.1, -0.05) is 139 Å². The predicted octanol–water partition coefficient (Wildman–Crippen LogP) is 10.9. The van der Waals surface area contributed by atoms with Crippen molar-refractivity contribution in [2.45, 2.75) is 6.92 Å². The lowest BCUT2D eigenvalue weighted by Gasteiger charge is -2.14. The van der Waals surface area contributed by atoms with Crippen LogP contribution >= 0.6 is 0 Å². The van der Waals surface area contributed by atoms with Crippen LogP contribution < -0.4 is 10.6 Å². The van der Waals surface area contributed by atoms with E-state index < -0.39 is 0 Å². The Labute approximate surface area is 328 Å². The number of fused-ring (bicyclic) bond motifs is 5. The van der Waals surface area contributed by atoms with Gasteiger partial charge in [-0.2, -0.15) is 0 Å². The fourth-order valence-corrected chi connectivity index (χ4v) is 8.55. The molecular formula is C51H35N5O. The standard InChI is InChI=1S/C51H35N5O/c1-33-39-23-9-12-26-42(39)55(46(33)32-48-34(2)40-24-11-14-30-47(40)57-48)38-22-15-21-37(31-38)54-43-27-13-10-25-41(43)49-44(54)28-16-29-45(49)56-51(36-19-7-4-8-20-36)50(52-53-56)35-17-5-3-6-18-35/h3-32H,2H2,1H3/b48-32+. The highest BCUT2D eigenvalue weighted by molar-refractivity contribution is 6.13. The molecule has 7 aromatic carbocycles. The third kappa shape index (κ3) is 5.11.